The maximum atomic E-state index is 12.9. The van der Waals surface area contributed by atoms with Gasteiger partial charge in [-0.1, -0.05) is 61.9 Å². The Morgan fingerprint density at radius 3 is 2.17 bits per heavy atom. The fraction of sp³-hybridized carbons (Fsp3) is 0.435. The van der Waals surface area contributed by atoms with Crippen LogP contribution >= 0.6 is 0 Å². The largest absolute Gasteiger partial charge is 0.344 e. The minimum Gasteiger partial charge on any atom is -0.344 e. The van der Waals surface area contributed by atoms with Gasteiger partial charge in [0.15, 0.2) is 6.04 Å². The highest BCUT2D eigenvalue weighted by molar-refractivity contribution is 7.89. The predicted octanol–water partition coefficient (Wildman–Crippen LogP) is 1.62. The summed E-state index contributed by atoms with van der Waals surface area (Å²) in [4.78, 5) is 14.4. The molecule has 1 aliphatic heterocycles. The molecule has 30 heavy (non-hydrogen) atoms. The molecule has 0 unspecified atom stereocenters. The first-order valence-electron chi connectivity index (χ1n) is 10.7. The van der Waals surface area contributed by atoms with Gasteiger partial charge in [-0.15, -0.1) is 0 Å². The van der Waals surface area contributed by atoms with E-state index in [1.807, 2.05) is 43.3 Å². The van der Waals surface area contributed by atoms with Crippen LogP contribution in [0.15, 0.2) is 65.6 Å². The number of amides is 1. The van der Waals surface area contributed by atoms with E-state index in [1.54, 1.807) is 24.3 Å². The van der Waals surface area contributed by atoms with Crippen LogP contribution in [0.1, 0.15) is 38.3 Å². The highest BCUT2D eigenvalue weighted by Gasteiger charge is 2.34. The third kappa shape index (κ3) is 5.28. The normalized spacial score (nSPS) is 17.9. The maximum absolute atomic E-state index is 12.9. The van der Waals surface area contributed by atoms with Gasteiger partial charge >= 0.3 is 0 Å². The van der Waals surface area contributed by atoms with Gasteiger partial charge in [-0.25, -0.2) is 8.42 Å². The molecule has 1 heterocycles. The molecule has 7 heteroatoms. The molecule has 3 rings (SSSR count). The van der Waals surface area contributed by atoms with E-state index < -0.39 is 10.0 Å². The second kappa shape index (κ2) is 10.2. The minimum atomic E-state index is -3.47. The molecule has 1 aliphatic rings. The molecule has 0 spiro atoms. The number of benzene rings is 2. The number of sulfonamides is 1. The molecule has 1 fully saturated rings. The first-order valence-corrected chi connectivity index (χ1v) is 12.1. The number of carbonyl (C=O) groups is 1. The summed E-state index contributed by atoms with van der Waals surface area (Å²) in [6.45, 7) is 6.11. The Morgan fingerprint density at radius 2 is 1.60 bits per heavy atom. The lowest BCUT2D eigenvalue weighted by molar-refractivity contribution is -0.917. The Bertz CT molecular complexity index is 911. The molecule has 0 radical (unpaired) electrons. The smallest absolute Gasteiger partial charge is 0.278 e. The van der Waals surface area contributed by atoms with Crippen molar-refractivity contribution in [3.05, 3.63) is 66.2 Å². The fourth-order valence-corrected chi connectivity index (χ4v) is 5.43. The van der Waals surface area contributed by atoms with Crippen LogP contribution in [0, 0.1) is 0 Å². The molecule has 6 nitrogen and oxygen atoms in total. The van der Waals surface area contributed by atoms with Gasteiger partial charge in [0.1, 0.15) is 0 Å². The molecule has 1 saturated heterocycles. The van der Waals surface area contributed by atoms with Crippen molar-refractivity contribution in [2.75, 3.05) is 26.2 Å². The van der Waals surface area contributed by atoms with Gasteiger partial charge < -0.3 is 10.2 Å². The van der Waals surface area contributed by atoms with E-state index in [0.717, 1.165) is 23.3 Å². The first-order chi connectivity index (χ1) is 14.4. The van der Waals surface area contributed by atoms with Crippen LogP contribution in [0.3, 0.4) is 0 Å². The Labute approximate surface area is 179 Å². The molecular weight excluding hydrogens is 398 g/mol. The van der Waals surface area contributed by atoms with Crippen molar-refractivity contribution in [1.29, 1.82) is 0 Å². The van der Waals surface area contributed by atoms with Crippen molar-refractivity contribution in [1.82, 2.24) is 9.62 Å². The number of hydrogen-bond acceptors (Lipinski definition) is 3. The van der Waals surface area contributed by atoms with Crippen LogP contribution in [0.4, 0.5) is 0 Å². The van der Waals surface area contributed by atoms with Gasteiger partial charge in [0.2, 0.25) is 10.0 Å². The van der Waals surface area contributed by atoms with Gasteiger partial charge in [0.25, 0.3) is 5.91 Å². The molecule has 0 bridgehead atoms. The van der Waals surface area contributed by atoms with Gasteiger partial charge in [-0.05, 0) is 31.0 Å². The summed E-state index contributed by atoms with van der Waals surface area (Å²) in [6, 6.07) is 18.4. The monoisotopic (exact) mass is 430 g/mol. The van der Waals surface area contributed by atoms with E-state index in [2.05, 4.69) is 12.2 Å². The maximum Gasteiger partial charge on any atom is 0.278 e. The summed E-state index contributed by atoms with van der Waals surface area (Å²) in [5.74, 6) is 0.0201. The van der Waals surface area contributed by atoms with Gasteiger partial charge in [-0.3, -0.25) is 4.79 Å². The lowest BCUT2D eigenvalue weighted by atomic mass is 10.0. The van der Waals surface area contributed by atoms with Crippen molar-refractivity contribution in [3.63, 3.8) is 0 Å². The average molecular weight is 431 g/mol. The fourth-order valence-electron chi connectivity index (χ4n) is 3.97. The first kappa shape index (κ1) is 22.5. The zero-order valence-electron chi connectivity index (χ0n) is 17.8. The third-order valence-electron chi connectivity index (χ3n) is 5.85. The molecule has 2 atom stereocenters. The minimum absolute atomic E-state index is 0.00491. The summed E-state index contributed by atoms with van der Waals surface area (Å²) in [5, 5.41) is 3.21. The van der Waals surface area contributed by atoms with Crippen molar-refractivity contribution in [2.45, 2.75) is 43.7 Å². The van der Waals surface area contributed by atoms with E-state index >= 15 is 0 Å². The van der Waals surface area contributed by atoms with Crippen molar-refractivity contribution >= 4 is 15.9 Å². The van der Waals surface area contributed by atoms with Crippen LogP contribution in [-0.4, -0.2) is 50.9 Å². The Kier molecular flexibility index (Phi) is 7.64. The highest BCUT2D eigenvalue weighted by Crippen LogP contribution is 2.18. The highest BCUT2D eigenvalue weighted by atomic mass is 32.2. The van der Waals surface area contributed by atoms with Gasteiger partial charge in [0.05, 0.1) is 37.1 Å². The second-order valence-electron chi connectivity index (χ2n) is 7.86. The summed E-state index contributed by atoms with van der Waals surface area (Å²) in [7, 11) is -3.47. The predicted molar refractivity (Wildman–Crippen MR) is 118 cm³/mol. The Morgan fingerprint density at radius 1 is 1.03 bits per heavy atom. The van der Waals surface area contributed by atoms with Crippen LogP contribution in [0.2, 0.25) is 0 Å². The average Bonchev–Trinajstić information content (AvgIpc) is 2.79. The number of piperazine rings is 1. The van der Waals surface area contributed by atoms with Crippen LogP contribution < -0.4 is 10.2 Å². The molecular formula is C23H32N3O3S+. The van der Waals surface area contributed by atoms with E-state index in [-0.39, 0.29) is 18.0 Å². The summed E-state index contributed by atoms with van der Waals surface area (Å²) in [5.41, 5.74) is 1.12. The van der Waals surface area contributed by atoms with E-state index in [4.69, 9.17) is 0 Å². The SMILES string of the molecule is CCC[C@@H](NC(=O)[C@H](C)[NH+]1CCN(S(=O)(=O)c2ccccc2)CC1)c1ccccc1. The summed E-state index contributed by atoms with van der Waals surface area (Å²) < 4.78 is 27.1. The van der Waals surface area contributed by atoms with Crippen LogP contribution in [-0.2, 0) is 14.8 Å². The summed E-state index contributed by atoms with van der Waals surface area (Å²) in [6.07, 6.45) is 1.87. The number of quaternary nitrogens is 1. The van der Waals surface area contributed by atoms with Crippen molar-refractivity contribution in [3.8, 4) is 0 Å². The molecule has 162 valence electrons. The topological polar surface area (TPSA) is 70.9 Å². The standard InChI is InChI=1S/C23H31N3O3S/c1-3-10-22(20-11-6-4-7-12-20)24-23(27)19(2)25-15-17-26(18-16-25)30(28,29)21-13-8-5-9-14-21/h4-9,11-14,19,22H,3,10,15-18H2,1-2H3,(H,24,27)/p+1/t19-,22+/m0/s1. The summed E-state index contributed by atoms with van der Waals surface area (Å²) >= 11 is 0. The Hall–Kier alpha value is -2.22. The van der Waals surface area contributed by atoms with Crippen molar-refractivity contribution < 1.29 is 18.1 Å². The lowest BCUT2D eigenvalue weighted by Crippen LogP contribution is -3.19. The van der Waals surface area contributed by atoms with Gasteiger partial charge in [0, 0.05) is 0 Å². The number of rotatable bonds is 8. The van der Waals surface area contributed by atoms with E-state index in [0.29, 0.717) is 31.1 Å². The number of hydrogen-bond donors (Lipinski definition) is 2. The quantitative estimate of drug-likeness (QED) is 0.669. The Balaban J connectivity index is 1.59. The molecule has 1 amide bonds. The van der Waals surface area contributed by atoms with Crippen LogP contribution in [0.5, 0.6) is 0 Å². The molecule has 0 saturated carbocycles. The van der Waals surface area contributed by atoms with Gasteiger partial charge in [-0.2, -0.15) is 4.31 Å². The van der Waals surface area contributed by atoms with E-state index in [1.165, 1.54) is 4.31 Å². The number of nitrogens with one attached hydrogen (secondary N) is 2. The molecule has 2 aromatic carbocycles. The zero-order chi connectivity index (χ0) is 21.6. The zero-order valence-corrected chi connectivity index (χ0v) is 18.6. The number of carbonyl (C=O) groups excluding carboxylic acids is 1. The number of nitrogens with zero attached hydrogens (tertiary/aromatic N) is 1. The van der Waals surface area contributed by atoms with E-state index in [9.17, 15) is 13.2 Å². The second-order valence-corrected chi connectivity index (χ2v) is 9.80. The third-order valence-corrected chi connectivity index (χ3v) is 7.76. The molecule has 2 aromatic rings. The molecule has 2 N–H and O–H groups in total. The van der Waals surface area contributed by atoms with Crippen LogP contribution in [0.25, 0.3) is 0 Å². The lowest BCUT2D eigenvalue weighted by Gasteiger charge is -2.34. The van der Waals surface area contributed by atoms with Crippen molar-refractivity contribution in [2.24, 2.45) is 0 Å². The molecule has 0 aliphatic carbocycles. The molecule has 0 aromatic heterocycles.